The highest BCUT2D eigenvalue weighted by Gasteiger charge is 2.32. The molecule has 0 saturated carbocycles. The largest absolute Gasteiger partial charge is 0.496 e. The van der Waals surface area contributed by atoms with E-state index in [1.807, 2.05) is 18.2 Å². The Morgan fingerprint density at radius 1 is 1.04 bits per heavy atom. The molecule has 1 atom stereocenters. The molecule has 0 bridgehead atoms. The minimum atomic E-state index is -0.298. The molecule has 3 rings (SSSR count). The van der Waals surface area contributed by atoms with E-state index in [0.29, 0.717) is 23.7 Å². The first-order valence-electron chi connectivity index (χ1n) is 7.46. The number of ether oxygens (including phenoxy) is 3. The van der Waals surface area contributed by atoms with Crippen molar-refractivity contribution in [3.05, 3.63) is 45.9 Å². The van der Waals surface area contributed by atoms with E-state index in [2.05, 4.69) is 21.2 Å². The van der Waals surface area contributed by atoms with Gasteiger partial charge in [-0.2, -0.15) is 0 Å². The Labute approximate surface area is 149 Å². The molecule has 2 aromatic rings. The first-order valence-corrected chi connectivity index (χ1v) is 8.26. The zero-order valence-corrected chi connectivity index (χ0v) is 15.3. The third-order valence-corrected chi connectivity index (χ3v) is 4.68. The fourth-order valence-corrected chi connectivity index (χ4v) is 3.36. The summed E-state index contributed by atoms with van der Waals surface area (Å²) in [4.78, 5) is 12.4. The Balaban J connectivity index is 2.03. The maximum absolute atomic E-state index is 12.4. The monoisotopic (exact) mass is 391 g/mol. The van der Waals surface area contributed by atoms with Crippen LogP contribution >= 0.6 is 15.9 Å². The number of halogens is 1. The summed E-state index contributed by atoms with van der Waals surface area (Å²) in [5.41, 5.74) is 2.66. The van der Waals surface area contributed by atoms with Crippen molar-refractivity contribution in [1.82, 2.24) is 0 Å². The van der Waals surface area contributed by atoms with Gasteiger partial charge in [0.05, 0.1) is 27.2 Å². The maximum Gasteiger partial charge on any atom is 0.232 e. The molecule has 0 aromatic heterocycles. The number of hydrogen-bond donors (Lipinski definition) is 1. The number of carbonyl (C=O) groups is 1. The summed E-state index contributed by atoms with van der Waals surface area (Å²) in [6.45, 7) is 0. The lowest BCUT2D eigenvalue weighted by Crippen LogP contribution is -2.15. The van der Waals surface area contributed by atoms with E-state index in [-0.39, 0.29) is 11.8 Å². The molecule has 0 unspecified atom stereocenters. The predicted molar refractivity (Wildman–Crippen MR) is 95.3 cm³/mol. The summed E-state index contributed by atoms with van der Waals surface area (Å²) < 4.78 is 17.2. The molecule has 1 heterocycles. The van der Waals surface area contributed by atoms with Gasteiger partial charge >= 0.3 is 0 Å². The highest BCUT2D eigenvalue weighted by molar-refractivity contribution is 9.10. The van der Waals surface area contributed by atoms with Gasteiger partial charge in [-0.3, -0.25) is 4.79 Å². The third-order valence-electron chi connectivity index (χ3n) is 4.19. The van der Waals surface area contributed by atoms with Crippen molar-refractivity contribution < 1.29 is 19.0 Å². The minimum Gasteiger partial charge on any atom is -0.496 e. The Hall–Kier alpha value is -2.21. The smallest absolute Gasteiger partial charge is 0.232 e. The van der Waals surface area contributed by atoms with Gasteiger partial charge in [0, 0.05) is 27.9 Å². The van der Waals surface area contributed by atoms with Gasteiger partial charge in [0.1, 0.15) is 17.2 Å². The molecular weight excluding hydrogens is 374 g/mol. The van der Waals surface area contributed by atoms with E-state index in [0.717, 1.165) is 21.3 Å². The molecule has 0 radical (unpaired) electrons. The van der Waals surface area contributed by atoms with Gasteiger partial charge in [-0.25, -0.2) is 0 Å². The second kappa shape index (κ2) is 6.73. The molecule has 6 heteroatoms. The SMILES string of the molecule is COc1cc(OC)c(C[C@H]2C(=O)Nc3ccc(Br)cc32)c(OC)c1. The van der Waals surface area contributed by atoms with Crippen molar-refractivity contribution in [2.24, 2.45) is 0 Å². The average Bonchev–Trinajstić information content (AvgIpc) is 2.90. The van der Waals surface area contributed by atoms with Crippen LogP contribution in [0.2, 0.25) is 0 Å². The van der Waals surface area contributed by atoms with E-state index >= 15 is 0 Å². The maximum atomic E-state index is 12.4. The molecule has 0 aliphatic carbocycles. The summed E-state index contributed by atoms with van der Waals surface area (Å²) in [6.07, 6.45) is 0.478. The molecule has 126 valence electrons. The Bertz CT molecular complexity index is 766. The van der Waals surface area contributed by atoms with E-state index < -0.39 is 0 Å². The third kappa shape index (κ3) is 2.94. The van der Waals surface area contributed by atoms with E-state index in [1.54, 1.807) is 33.5 Å². The molecule has 2 aromatic carbocycles. The summed E-state index contributed by atoms with van der Waals surface area (Å²) in [5.74, 6) is 1.60. The predicted octanol–water partition coefficient (Wildman–Crippen LogP) is 3.75. The molecule has 1 N–H and O–H groups in total. The van der Waals surface area contributed by atoms with Crippen molar-refractivity contribution >= 4 is 27.5 Å². The van der Waals surface area contributed by atoms with Crippen molar-refractivity contribution in [2.45, 2.75) is 12.3 Å². The molecule has 0 fully saturated rings. The van der Waals surface area contributed by atoms with Gasteiger partial charge in [0.15, 0.2) is 0 Å². The van der Waals surface area contributed by atoms with Gasteiger partial charge in [-0.05, 0) is 30.2 Å². The summed E-state index contributed by atoms with van der Waals surface area (Å²) in [7, 11) is 4.78. The van der Waals surface area contributed by atoms with Crippen LogP contribution in [0.4, 0.5) is 5.69 Å². The fourth-order valence-electron chi connectivity index (χ4n) is 2.98. The normalized spacial score (nSPS) is 15.7. The van der Waals surface area contributed by atoms with Crippen LogP contribution in [0, 0.1) is 0 Å². The Morgan fingerprint density at radius 3 is 2.29 bits per heavy atom. The number of fused-ring (bicyclic) bond motifs is 1. The second-order valence-corrected chi connectivity index (χ2v) is 6.40. The number of anilines is 1. The molecule has 0 spiro atoms. The zero-order chi connectivity index (χ0) is 17.3. The number of methoxy groups -OCH3 is 3. The average molecular weight is 392 g/mol. The topological polar surface area (TPSA) is 56.8 Å². The van der Waals surface area contributed by atoms with Crippen LogP contribution in [0.1, 0.15) is 17.0 Å². The quantitative estimate of drug-likeness (QED) is 0.842. The van der Waals surface area contributed by atoms with Crippen LogP contribution in [0.15, 0.2) is 34.8 Å². The minimum absolute atomic E-state index is 0.0250. The van der Waals surface area contributed by atoms with Gasteiger partial charge in [0.2, 0.25) is 5.91 Å². The molecule has 24 heavy (non-hydrogen) atoms. The highest BCUT2D eigenvalue weighted by Crippen LogP contribution is 2.41. The lowest BCUT2D eigenvalue weighted by molar-refractivity contribution is -0.117. The van der Waals surface area contributed by atoms with Crippen LogP contribution in [0.5, 0.6) is 17.2 Å². The van der Waals surface area contributed by atoms with Crippen LogP contribution in [0.3, 0.4) is 0 Å². The Kier molecular flexibility index (Phi) is 4.66. The van der Waals surface area contributed by atoms with Gasteiger partial charge in [0.25, 0.3) is 0 Å². The van der Waals surface area contributed by atoms with Crippen molar-refractivity contribution in [1.29, 1.82) is 0 Å². The highest BCUT2D eigenvalue weighted by atomic mass is 79.9. The fraction of sp³-hybridized carbons (Fsp3) is 0.278. The first-order chi connectivity index (χ1) is 11.6. The molecule has 1 amide bonds. The van der Waals surface area contributed by atoms with E-state index in [4.69, 9.17) is 14.2 Å². The number of amides is 1. The van der Waals surface area contributed by atoms with Crippen molar-refractivity contribution in [3.8, 4) is 17.2 Å². The van der Waals surface area contributed by atoms with Crippen LogP contribution in [-0.2, 0) is 11.2 Å². The Morgan fingerprint density at radius 2 is 1.71 bits per heavy atom. The van der Waals surface area contributed by atoms with Gasteiger partial charge in [-0.1, -0.05) is 15.9 Å². The number of benzene rings is 2. The first kappa shape index (κ1) is 16.6. The molecule has 0 saturated heterocycles. The lowest BCUT2D eigenvalue weighted by atomic mass is 9.92. The number of nitrogens with one attached hydrogen (secondary N) is 1. The zero-order valence-electron chi connectivity index (χ0n) is 13.7. The lowest BCUT2D eigenvalue weighted by Gasteiger charge is -2.17. The standard InChI is InChI=1S/C18H18BrNO4/c1-22-11-7-16(23-2)14(17(8-11)24-3)9-13-12-6-10(19)4-5-15(12)20-18(13)21/h4-8,13H,9H2,1-3H3,(H,20,21)/t13-/m1/s1. The number of carbonyl (C=O) groups excluding carboxylic acids is 1. The summed E-state index contributed by atoms with van der Waals surface area (Å²) in [6, 6.07) is 9.38. The van der Waals surface area contributed by atoms with Crippen LogP contribution < -0.4 is 19.5 Å². The van der Waals surface area contributed by atoms with Crippen molar-refractivity contribution in [2.75, 3.05) is 26.6 Å². The molecule has 1 aliphatic rings. The summed E-state index contributed by atoms with van der Waals surface area (Å²) in [5, 5.41) is 2.93. The van der Waals surface area contributed by atoms with Crippen LogP contribution in [-0.4, -0.2) is 27.2 Å². The molecule has 5 nitrogen and oxygen atoms in total. The second-order valence-electron chi connectivity index (χ2n) is 5.49. The molecule has 1 aliphatic heterocycles. The molecular formula is C18H18BrNO4. The van der Waals surface area contributed by atoms with Gasteiger partial charge < -0.3 is 19.5 Å². The van der Waals surface area contributed by atoms with Gasteiger partial charge in [-0.15, -0.1) is 0 Å². The van der Waals surface area contributed by atoms with Crippen LogP contribution in [0.25, 0.3) is 0 Å². The number of hydrogen-bond acceptors (Lipinski definition) is 4. The van der Waals surface area contributed by atoms with E-state index in [9.17, 15) is 4.79 Å². The van der Waals surface area contributed by atoms with Crippen molar-refractivity contribution in [3.63, 3.8) is 0 Å². The number of rotatable bonds is 5. The van der Waals surface area contributed by atoms with E-state index in [1.165, 1.54) is 0 Å². The summed E-state index contributed by atoms with van der Waals surface area (Å²) >= 11 is 3.47.